The Hall–Kier alpha value is -1.01. The fraction of sp³-hybridized carbons (Fsp3) is 0.200. The lowest BCUT2D eigenvalue weighted by molar-refractivity contribution is -0.129. The quantitative estimate of drug-likeness (QED) is 0.351. The first-order valence-electron chi connectivity index (χ1n) is 2.48. The van der Waals surface area contributed by atoms with Crippen LogP contribution in [0, 0.1) is 0 Å². The molecule has 0 spiro atoms. The number of rotatable bonds is 2. The molecule has 5 nitrogen and oxygen atoms in total. The first-order valence-corrected chi connectivity index (χ1v) is 3.92. The molecular formula is C5H6O5S. The van der Waals surface area contributed by atoms with E-state index in [2.05, 4.69) is 6.58 Å². The van der Waals surface area contributed by atoms with Gasteiger partial charge in [-0.05, 0) is 12.5 Å². The summed E-state index contributed by atoms with van der Waals surface area (Å²) < 4.78 is 28.1. The summed E-state index contributed by atoms with van der Waals surface area (Å²) in [7, 11) is -4.90. The van der Waals surface area contributed by atoms with E-state index in [1.807, 2.05) is 0 Å². The van der Waals surface area contributed by atoms with Gasteiger partial charge < -0.3 is 0 Å². The summed E-state index contributed by atoms with van der Waals surface area (Å²) in [5.41, 5.74) is -0.229. The minimum Gasteiger partial charge on any atom is -0.284 e. The summed E-state index contributed by atoms with van der Waals surface area (Å²) in [5, 5.41) is -1.84. The fourth-order valence-electron chi connectivity index (χ4n) is 0.291. The van der Waals surface area contributed by atoms with Gasteiger partial charge in [0.2, 0.25) is 5.78 Å². The fourth-order valence-corrected chi connectivity index (χ4v) is 0.700. The van der Waals surface area contributed by atoms with Gasteiger partial charge in [-0.15, -0.1) is 0 Å². The Kier molecular flexibility index (Phi) is 2.66. The van der Waals surface area contributed by atoms with Crippen molar-refractivity contribution in [1.29, 1.82) is 0 Å². The average molecular weight is 178 g/mol. The molecule has 6 heteroatoms. The second-order valence-corrected chi connectivity index (χ2v) is 3.19. The van der Waals surface area contributed by atoms with Crippen molar-refractivity contribution in [3.8, 4) is 0 Å². The van der Waals surface area contributed by atoms with E-state index in [1.165, 1.54) is 6.92 Å². The number of hydrogen-bond acceptors (Lipinski definition) is 4. The van der Waals surface area contributed by atoms with Gasteiger partial charge in [-0.2, -0.15) is 8.42 Å². The Morgan fingerprint density at radius 2 is 1.73 bits per heavy atom. The van der Waals surface area contributed by atoms with E-state index in [4.69, 9.17) is 4.55 Å². The zero-order valence-corrected chi connectivity index (χ0v) is 6.51. The molecule has 0 amide bonds. The molecule has 0 aliphatic rings. The molecule has 0 radical (unpaired) electrons. The van der Waals surface area contributed by atoms with E-state index in [0.717, 1.165) is 0 Å². The van der Waals surface area contributed by atoms with Crippen molar-refractivity contribution in [2.75, 3.05) is 0 Å². The first-order chi connectivity index (χ1) is 4.76. The van der Waals surface area contributed by atoms with Crippen LogP contribution in [0.1, 0.15) is 6.92 Å². The van der Waals surface area contributed by atoms with Crippen LogP contribution in [0.4, 0.5) is 0 Å². The molecule has 0 bridgehead atoms. The highest BCUT2D eigenvalue weighted by Crippen LogP contribution is 1.95. The number of allylic oxidation sites excluding steroid dienone is 1. The standard InChI is InChI=1S/C5H6O5S/c1-3(2)4(6)5(7)11(8,9)10/h1H2,2H3,(H,8,9,10). The van der Waals surface area contributed by atoms with Gasteiger partial charge in [-0.25, -0.2) is 0 Å². The second-order valence-electron chi connectivity index (χ2n) is 1.87. The Balaban J connectivity index is 4.83. The van der Waals surface area contributed by atoms with Crippen LogP contribution in [-0.2, 0) is 19.7 Å². The summed E-state index contributed by atoms with van der Waals surface area (Å²) in [6.07, 6.45) is 0. The molecule has 0 heterocycles. The summed E-state index contributed by atoms with van der Waals surface area (Å²) in [6.45, 7) is 4.22. The minimum absolute atomic E-state index is 0.229. The average Bonchev–Trinajstić information content (AvgIpc) is 1.82. The number of ketones is 1. The van der Waals surface area contributed by atoms with Crippen LogP contribution in [0.3, 0.4) is 0 Å². The molecule has 0 unspecified atom stereocenters. The van der Waals surface area contributed by atoms with Crippen molar-refractivity contribution in [1.82, 2.24) is 0 Å². The number of Topliss-reactive ketones (excluding diaryl/α,β-unsaturated/α-hetero) is 1. The van der Waals surface area contributed by atoms with Crippen LogP contribution in [-0.4, -0.2) is 23.9 Å². The molecule has 0 saturated carbocycles. The molecule has 0 fully saturated rings. The van der Waals surface area contributed by atoms with Gasteiger partial charge in [0.15, 0.2) is 0 Å². The molecule has 11 heavy (non-hydrogen) atoms. The topological polar surface area (TPSA) is 88.5 Å². The van der Waals surface area contributed by atoms with Gasteiger partial charge in [0, 0.05) is 0 Å². The third-order valence-electron chi connectivity index (χ3n) is 0.807. The maximum absolute atomic E-state index is 10.5. The van der Waals surface area contributed by atoms with E-state index < -0.39 is 21.0 Å². The zero-order valence-electron chi connectivity index (χ0n) is 5.70. The predicted octanol–water partition coefficient (Wildman–Crippen LogP) is -0.454. The monoisotopic (exact) mass is 178 g/mol. The molecule has 0 aliphatic heterocycles. The Labute approximate surface area is 63.5 Å². The van der Waals surface area contributed by atoms with Crippen molar-refractivity contribution < 1.29 is 22.6 Å². The second kappa shape index (κ2) is 2.93. The van der Waals surface area contributed by atoms with Gasteiger partial charge in [0.1, 0.15) is 0 Å². The van der Waals surface area contributed by atoms with Crippen molar-refractivity contribution in [3.05, 3.63) is 12.2 Å². The van der Waals surface area contributed by atoms with Gasteiger partial charge in [0.05, 0.1) is 0 Å². The Morgan fingerprint density at radius 1 is 1.36 bits per heavy atom. The maximum atomic E-state index is 10.5. The normalized spacial score (nSPS) is 10.7. The van der Waals surface area contributed by atoms with Gasteiger partial charge in [-0.3, -0.25) is 14.1 Å². The van der Waals surface area contributed by atoms with Crippen molar-refractivity contribution in [3.63, 3.8) is 0 Å². The van der Waals surface area contributed by atoms with E-state index in [0.29, 0.717) is 0 Å². The number of carbonyl (C=O) groups excluding carboxylic acids is 2. The van der Waals surface area contributed by atoms with Gasteiger partial charge in [0.25, 0.3) is 0 Å². The predicted molar refractivity (Wildman–Crippen MR) is 36.4 cm³/mol. The highest BCUT2D eigenvalue weighted by molar-refractivity contribution is 8.03. The molecule has 0 aromatic heterocycles. The number of hydrogen-bond donors (Lipinski definition) is 1. The Bertz CT molecular complexity index is 310. The third kappa shape index (κ3) is 2.60. The van der Waals surface area contributed by atoms with E-state index in [9.17, 15) is 18.0 Å². The highest BCUT2D eigenvalue weighted by atomic mass is 32.2. The molecule has 0 aliphatic carbocycles. The molecule has 0 saturated heterocycles. The van der Waals surface area contributed by atoms with Crippen LogP contribution in [0.2, 0.25) is 0 Å². The molecule has 0 aromatic rings. The summed E-state index contributed by atoms with van der Waals surface area (Å²) in [6, 6.07) is 0. The zero-order chi connectivity index (χ0) is 9.23. The van der Waals surface area contributed by atoms with E-state index >= 15 is 0 Å². The molecule has 1 N–H and O–H groups in total. The van der Waals surface area contributed by atoms with Crippen molar-refractivity contribution in [2.24, 2.45) is 0 Å². The lowest BCUT2D eigenvalue weighted by Crippen LogP contribution is -2.23. The molecular weight excluding hydrogens is 172 g/mol. The van der Waals surface area contributed by atoms with Gasteiger partial charge in [-0.1, -0.05) is 6.58 Å². The van der Waals surface area contributed by atoms with Crippen LogP contribution in [0.5, 0.6) is 0 Å². The van der Waals surface area contributed by atoms with Crippen LogP contribution >= 0.6 is 0 Å². The lowest BCUT2D eigenvalue weighted by atomic mass is 10.2. The van der Waals surface area contributed by atoms with Crippen molar-refractivity contribution >= 4 is 21.0 Å². The largest absolute Gasteiger partial charge is 0.343 e. The molecule has 0 atom stereocenters. The molecule has 0 aromatic carbocycles. The molecule has 0 rings (SSSR count). The third-order valence-corrected chi connectivity index (χ3v) is 1.46. The molecule has 62 valence electrons. The summed E-state index contributed by atoms with van der Waals surface area (Å²) in [4.78, 5) is 20.9. The minimum atomic E-state index is -4.90. The SMILES string of the molecule is C=C(C)C(=O)C(=O)S(=O)(=O)O. The van der Waals surface area contributed by atoms with Crippen LogP contribution in [0.15, 0.2) is 12.2 Å². The number of carbonyl (C=O) groups is 2. The Morgan fingerprint density at radius 3 is 1.82 bits per heavy atom. The van der Waals surface area contributed by atoms with E-state index in [-0.39, 0.29) is 5.57 Å². The lowest BCUT2D eigenvalue weighted by Gasteiger charge is -1.92. The highest BCUT2D eigenvalue weighted by Gasteiger charge is 2.27. The summed E-state index contributed by atoms with van der Waals surface area (Å²) >= 11 is 0. The van der Waals surface area contributed by atoms with E-state index in [1.54, 1.807) is 0 Å². The van der Waals surface area contributed by atoms with Crippen LogP contribution < -0.4 is 0 Å². The van der Waals surface area contributed by atoms with Crippen LogP contribution in [0.25, 0.3) is 0 Å². The summed E-state index contributed by atoms with van der Waals surface area (Å²) in [5.74, 6) is -1.30. The maximum Gasteiger partial charge on any atom is 0.343 e. The van der Waals surface area contributed by atoms with Crippen molar-refractivity contribution in [2.45, 2.75) is 6.92 Å². The smallest absolute Gasteiger partial charge is 0.284 e. The van der Waals surface area contributed by atoms with Gasteiger partial charge >= 0.3 is 15.2 Å². The first kappa shape index (κ1) is 9.99.